The third kappa shape index (κ3) is 5.20. The summed E-state index contributed by atoms with van der Waals surface area (Å²) in [5.41, 5.74) is -3.34. The zero-order valence-electron chi connectivity index (χ0n) is 13.5. The molecule has 0 atom stereocenters. The van der Waals surface area contributed by atoms with Gasteiger partial charge in [-0.2, -0.15) is 31.6 Å². The number of pyridine rings is 1. The molecule has 0 saturated carbocycles. The van der Waals surface area contributed by atoms with Gasteiger partial charge < -0.3 is 4.90 Å². The Bertz CT molecular complexity index is 823. The van der Waals surface area contributed by atoms with Crippen LogP contribution >= 0.6 is 0 Å². The van der Waals surface area contributed by atoms with Crippen molar-refractivity contribution in [3.05, 3.63) is 59.4 Å². The lowest BCUT2D eigenvalue weighted by Crippen LogP contribution is -2.30. The second-order valence-electron chi connectivity index (χ2n) is 5.44. The maximum Gasteiger partial charge on any atom is 0.416 e. The van der Waals surface area contributed by atoms with Crippen LogP contribution in [-0.4, -0.2) is 10.9 Å². The van der Waals surface area contributed by atoms with Gasteiger partial charge in [-0.05, 0) is 29.8 Å². The summed E-state index contributed by atoms with van der Waals surface area (Å²) in [5.74, 6) is -0.936. The first-order valence-electron chi connectivity index (χ1n) is 7.38. The van der Waals surface area contributed by atoms with Gasteiger partial charge in [-0.15, -0.1) is 0 Å². The highest BCUT2D eigenvalue weighted by Crippen LogP contribution is 2.38. The average molecular weight is 387 g/mol. The molecule has 1 amide bonds. The number of anilines is 1. The number of hydrogen-bond acceptors (Lipinski definition) is 3. The smallest absolute Gasteiger partial charge is 0.307 e. The fraction of sp³-hybridized carbons (Fsp3) is 0.235. The van der Waals surface area contributed by atoms with E-state index in [4.69, 9.17) is 5.26 Å². The van der Waals surface area contributed by atoms with E-state index in [1.807, 2.05) is 0 Å². The minimum Gasteiger partial charge on any atom is -0.307 e. The van der Waals surface area contributed by atoms with E-state index in [1.54, 1.807) is 6.07 Å². The van der Waals surface area contributed by atoms with E-state index in [-0.39, 0.29) is 12.6 Å². The number of halogens is 6. The SMILES string of the molecule is N#CCC(=O)N(Cc1cccnc1)c1cc(C(F)(F)F)cc(C(F)(F)F)c1. The molecular formula is C17H11F6N3O. The summed E-state index contributed by atoms with van der Waals surface area (Å²) in [4.78, 5) is 16.7. The summed E-state index contributed by atoms with van der Waals surface area (Å²) in [6.07, 6.45) is -8.08. The maximum absolute atomic E-state index is 13.0. The van der Waals surface area contributed by atoms with E-state index in [0.29, 0.717) is 22.6 Å². The number of rotatable bonds is 4. The van der Waals surface area contributed by atoms with Crippen molar-refractivity contribution in [3.63, 3.8) is 0 Å². The van der Waals surface area contributed by atoms with Crippen LogP contribution in [0, 0.1) is 11.3 Å². The Hall–Kier alpha value is -3.09. The number of nitriles is 1. The quantitative estimate of drug-likeness (QED) is 0.723. The Morgan fingerprint density at radius 1 is 1.07 bits per heavy atom. The number of benzene rings is 1. The number of hydrogen-bond donors (Lipinski definition) is 0. The molecule has 0 radical (unpaired) electrons. The lowest BCUT2D eigenvalue weighted by atomic mass is 10.1. The standard InChI is InChI=1S/C17H11F6N3O/c18-16(19,20)12-6-13(17(21,22)23)8-14(7-12)26(15(27)3-4-24)10-11-2-1-5-25-9-11/h1-2,5-9H,3,10H2. The third-order valence-electron chi connectivity index (χ3n) is 3.48. The van der Waals surface area contributed by atoms with Gasteiger partial charge in [0.05, 0.1) is 23.7 Å². The Kier molecular flexibility index (Phi) is 5.73. The van der Waals surface area contributed by atoms with Crippen molar-refractivity contribution in [1.82, 2.24) is 4.98 Å². The molecule has 0 aliphatic heterocycles. The van der Waals surface area contributed by atoms with Crippen molar-refractivity contribution in [2.24, 2.45) is 0 Å². The molecule has 0 spiro atoms. The molecule has 0 N–H and O–H groups in total. The Morgan fingerprint density at radius 2 is 1.67 bits per heavy atom. The molecule has 1 aromatic carbocycles. The summed E-state index contributed by atoms with van der Waals surface area (Å²) in [6, 6.07) is 5.40. The van der Waals surface area contributed by atoms with Crippen LogP contribution in [-0.2, 0) is 23.7 Å². The summed E-state index contributed by atoms with van der Waals surface area (Å²) in [5, 5.41) is 8.70. The minimum atomic E-state index is -5.05. The topological polar surface area (TPSA) is 57.0 Å². The van der Waals surface area contributed by atoms with Gasteiger partial charge >= 0.3 is 12.4 Å². The van der Waals surface area contributed by atoms with Gasteiger partial charge in [0.25, 0.3) is 0 Å². The van der Waals surface area contributed by atoms with Gasteiger partial charge in [0.15, 0.2) is 0 Å². The largest absolute Gasteiger partial charge is 0.416 e. The average Bonchev–Trinajstić information content (AvgIpc) is 2.59. The number of amides is 1. The lowest BCUT2D eigenvalue weighted by Gasteiger charge is -2.24. The molecule has 2 aromatic rings. The predicted octanol–water partition coefficient (Wildman–Crippen LogP) is 4.57. The highest BCUT2D eigenvalue weighted by atomic mass is 19.4. The van der Waals surface area contributed by atoms with Crippen LogP contribution in [0.3, 0.4) is 0 Å². The molecule has 0 aliphatic rings. The number of carbonyl (C=O) groups is 1. The fourth-order valence-corrected chi connectivity index (χ4v) is 2.26. The summed E-state index contributed by atoms with van der Waals surface area (Å²) in [7, 11) is 0. The van der Waals surface area contributed by atoms with Crippen molar-refractivity contribution in [3.8, 4) is 6.07 Å². The van der Waals surface area contributed by atoms with Gasteiger partial charge in [0.2, 0.25) is 5.91 Å². The normalized spacial score (nSPS) is 11.7. The molecule has 142 valence electrons. The van der Waals surface area contributed by atoms with Crippen molar-refractivity contribution < 1.29 is 31.1 Å². The Morgan fingerprint density at radius 3 is 2.11 bits per heavy atom. The van der Waals surface area contributed by atoms with Crippen molar-refractivity contribution >= 4 is 11.6 Å². The van der Waals surface area contributed by atoms with Crippen LogP contribution in [0.25, 0.3) is 0 Å². The molecule has 1 heterocycles. The number of alkyl halides is 6. The van der Waals surface area contributed by atoms with Crippen LogP contribution < -0.4 is 4.90 Å². The molecule has 4 nitrogen and oxygen atoms in total. The van der Waals surface area contributed by atoms with Crippen LogP contribution in [0.2, 0.25) is 0 Å². The number of aromatic nitrogens is 1. The first-order valence-corrected chi connectivity index (χ1v) is 7.38. The summed E-state index contributed by atoms with van der Waals surface area (Å²) in [6.45, 7) is -0.340. The molecule has 0 bridgehead atoms. The van der Waals surface area contributed by atoms with Gasteiger partial charge in [-0.3, -0.25) is 9.78 Å². The lowest BCUT2D eigenvalue weighted by molar-refractivity contribution is -0.143. The van der Waals surface area contributed by atoms with Gasteiger partial charge in [-0.25, -0.2) is 0 Å². The molecular weight excluding hydrogens is 376 g/mol. The first-order chi connectivity index (χ1) is 12.5. The third-order valence-corrected chi connectivity index (χ3v) is 3.48. The van der Waals surface area contributed by atoms with E-state index in [9.17, 15) is 31.1 Å². The highest BCUT2D eigenvalue weighted by Gasteiger charge is 2.37. The zero-order chi connectivity index (χ0) is 20.2. The molecule has 0 unspecified atom stereocenters. The monoisotopic (exact) mass is 387 g/mol. The van der Waals surface area contributed by atoms with Crippen LogP contribution in [0.15, 0.2) is 42.7 Å². The molecule has 0 saturated heterocycles. The van der Waals surface area contributed by atoms with Crippen molar-refractivity contribution in [2.45, 2.75) is 25.3 Å². The maximum atomic E-state index is 13.0. The van der Waals surface area contributed by atoms with Crippen LogP contribution in [0.1, 0.15) is 23.1 Å². The van der Waals surface area contributed by atoms with Crippen molar-refractivity contribution in [1.29, 1.82) is 5.26 Å². The van der Waals surface area contributed by atoms with E-state index in [2.05, 4.69) is 4.98 Å². The number of nitrogens with zero attached hydrogens (tertiary/aromatic N) is 3. The molecule has 0 aliphatic carbocycles. The van der Waals surface area contributed by atoms with Crippen molar-refractivity contribution in [2.75, 3.05) is 4.90 Å². The van der Waals surface area contributed by atoms with Gasteiger partial charge in [0.1, 0.15) is 6.42 Å². The van der Waals surface area contributed by atoms with E-state index >= 15 is 0 Å². The van der Waals surface area contributed by atoms with E-state index in [0.717, 1.165) is 0 Å². The first kappa shape index (κ1) is 20.2. The Labute approximate surface area is 149 Å². The molecule has 2 rings (SSSR count). The summed E-state index contributed by atoms with van der Waals surface area (Å²) < 4.78 is 78.3. The molecule has 10 heteroatoms. The van der Waals surface area contributed by atoms with Crippen LogP contribution in [0.5, 0.6) is 0 Å². The van der Waals surface area contributed by atoms with Crippen LogP contribution in [0.4, 0.5) is 32.0 Å². The second kappa shape index (κ2) is 7.65. The van der Waals surface area contributed by atoms with Gasteiger partial charge in [-0.1, -0.05) is 6.07 Å². The summed E-state index contributed by atoms with van der Waals surface area (Å²) >= 11 is 0. The molecule has 1 aromatic heterocycles. The predicted molar refractivity (Wildman–Crippen MR) is 82.1 cm³/mol. The fourth-order valence-electron chi connectivity index (χ4n) is 2.26. The highest BCUT2D eigenvalue weighted by molar-refractivity contribution is 5.94. The Balaban J connectivity index is 2.59. The van der Waals surface area contributed by atoms with Gasteiger partial charge in [0, 0.05) is 18.1 Å². The van der Waals surface area contributed by atoms with E-state index < -0.39 is 41.5 Å². The molecule has 0 fully saturated rings. The second-order valence-corrected chi connectivity index (χ2v) is 5.44. The zero-order valence-corrected chi connectivity index (χ0v) is 13.5. The van der Waals surface area contributed by atoms with E-state index in [1.165, 1.54) is 24.5 Å². The molecule has 27 heavy (non-hydrogen) atoms. The minimum absolute atomic E-state index is 0.0273. The number of carbonyl (C=O) groups excluding carboxylic acids is 1.